The van der Waals surface area contributed by atoms with Gasteiger partial charge in [0.25, 0.3) is 0 Å². The van der Waals surface area contributed by atoms with E-state index in [-0.39, 0.29) is 18.2 Å². The van der Waals surface area contributed by atoms with Gasteiger partial charge in [0.05, 0.1) is 28.9 Å². The molecule has 1 N–H and O–H groups in total. The van der Waals surface area contributed by atoms with Crippen LogP contribution in [0.5, 0.6) is 5.75 Å². The molecule has 0 spiro atoms. The van der Waals surface area contributed by atoms with Crippen molar-refractivity contribution in [2.75, 3.05) is 23.4 Å². The van der Waals surface area contributed by atoms with E-state index in [1.54, 1.807) is 17.0 Å². The summed E-state index contributed by atoms with van der Waals surface area (Å²) < 4.78 is 5.60. The first-order valence-corrected chi connectivity index (χ1v) is 8.96. The maximum Gasteiger partial charge on any atom is 0.229 e. The second-order valence-corrected chi connectivity index (χ2v) is 6.69. The summed E-state index contributed by atoms with van der Waals surface area (Å²) >= 11 is 6.18. The average molecular weight is 373 g/mol. The summed E-state index contributed by atoms with van der Waals surface area (Å²) in [5.74, 6) is -0.0895. The average Bonchev–Trinajstić information content (AvgIpc) is 3.00. The standard InChI is InChI=1S/C20H21ClN2O3/c1-3-26-18-7-5-4-6-17(18)23-12-14(11-19(23)24)20(25)22-16-9-8-13(2)10-15(16)21/h4-10,14H,3,11-12H2,1-2H3,(H,22,25). The van der Waals surface area contributed by atoms with E-state index in [0.29, 0.717) is 35.3 Å². The predicted molar refractivity (Wildman–Crippen MR) is 103 cm³/mol. The number of carbonyl (C=O) groups is 2. The molecule has 1 aliphatic heterocycles. The van der Waals surface area contributed by atoms with Gasteiger partial charge < -0.3 is 15.0 Å². The van der Waals surface area contributed by atoms with Crippen LogP contribution in [0.25, 0.3) is 0 Å². The number of hydrogen-bond acceptors (Lipinski definition) is 3. The first-order valence-electron chi connectivity index (χ1n) is 8.58. The highest BCUT2D eigenvalue weighted by Gasteiger charge is 2.36. The van der Waals surface area contributed by atoms with E-state index in [0.717, 1.165) is 5.56 Å². The highest BCUT2D eigenvalue weighted by atomic mass is 35.5. The number of nitrogens with zero attached hydrogens (tertiary/aromatic N) is 1. The number of nitrogens with one attached hydrogen (secondary N) is 1. The summed E-state index contributed by atoms with van der Waals surface area (Å²) in [6.45, 7) is 4.65. The van der Waals surface area contributed by atoms with Crippen molar-refractivity contribution in [2.24, 2.45) is 5.92 Å². The van der Waals surface area contributed by atoms with Crippen LogP contribution in [0.3, 0.4) is 0 Å². The summed E-state index contributed by atoms with van der Waals surface area (Å²) in [7, 11) is 0. The number of aryl methyl sites for hydroxylation is 1. The van der Waals surface area contributed by atoms with Crippen LogP contribution in [0.2, 0.25) is 5.02 Å². The monoisotopic (exact) mass is 372 g/mol. The molecular weight excluding hydrogens is 352 g/mol. The molecule has 6 heteroatoms. The van der Waals surface area contributed by atoms with Crippen molar-refractivity contribution in [3.63, 3.8) is 0 Å². The van der Waals surface area contributed by atoms with E-state index >= 15 is 0 Å². The Balaban J connectivity index is 1.74. The summed E-state index contributed by atoms with van der Waals surface area (Å²) in [5.41, 5.74) is 2.27. The molecule has 1 aliphatic rings. The lowest BCUT2D eigenvalue weighted by Gasteiger charge is -2.20. The van der Waals surface area contributed by atoms with E-state index in [9.17, 15) is 9.59 Å². The van der Waals surface area contributed by atoms with Gasteiger partial charge in [-0.2, -0.15) is 0 Å². The first-order chi connectivity index (χ1) is 12.5. The van der Waals surface area contributed by atoms with Crippen molar-refractivity contribution >= 4 is 34.8 Å². The minimum Gasteiger partial charge on any atom is -0.492 e. The number of ether oxygens (including phenoxy) is 1. The summed E-state index contributed by atoms with van der Waals surface area (Å²) in [4.78, 5) is 26.7. The third kappa shape index (κ3) is 3.83. The van der Waals surface area contributed by atoms with Crippen molar-refractivity contribution in [3.8, 4) is 5.75 Å². The van der Waals surface area contributed by atoms with Gasteiger partial charge in [-0.25, -0.2) is 0 Å². The van der Waals surface area contributed by atoms with Crippen molar-refractivity contribution < 1.29 is 14.3 Å². The van der Waals surface area contributed by atoms with Crippen molar-refractivity contribution in [1.29, 1.82) is 0 Å². The molecule has 0 aliphatic carbocycles. The van der Waals surface area contributed by atoms with E-state index < -0.39 is 5.92 Å². The molecule has 1 unspecified atom stereocenters. The van der Waals surface area contributed by atoms with Crippen molar-refractivity contribution in [2.45, 2.75) is 20.3 Å². The molecule has 1 heterocycles. The Morgan fingerprint density at radius 3 is 2.81 bits per heavy atom. The zero-order chi connectivity index (χ0) is 18.7. The zero-order valence-electron chi connectivity index (χ0n) is 14.8. The molecule has 1 saturated heterocycles. The van der Waals surface area contributed by atoms with Crippen LogP contribution in [0.4, 0.5) is 11.4 Å². The highest BCUT2D eigenvalue weighted by molar-refractivity contribution is 6.33. The number of rotatable bonds is 5. The summed E-state index contributed by atoms with van der Waals surface area (Å²) in [6, 6.07) is 12.8. The smallest absolute Gasteiger partial charge is 0.229 e. The molecule has 136 valence electrons. The van der Waals surface area contributed by atoms with Gasteiger partial charge in [-0.3, -0.25) is 9.59 Å². The van der Waals surface area contributed by atoms with Gasteiger partial charge in [0.15, 0.2) is 0 Å². The second kappa shape index (κ2) is 7.79. The van der Waals surface area contributed by atoms with Crippen LogP contribution in [0.1, 0.15) is 18.9 Å². The van der Waals surface area contributed by atoms with E-state index in [1.807, 2.05) is 44.2 Å². The molecule has 0 bridgehead atoms. The van der Waals surface area contributed by atoms with E-state index in [4.69, 9.17) is 16.3 Å². The minimum atomic E-state index is -0.436. The molecule has 0 radical (unpaired) electrons. The molecule has 3 rings (SSSR count). The van der Waals surface area contributed by atoms with E-state index in [2.05, 4.69) is 5.32 Å². The summed E-state index contributed by atoms with van der Waals surface area (Å²) in [5, 5.41) is 3.32. The SMILES string of the molecule is CCOc1ccccc1N1CC(C(=O)Nc2ccc(C)cc2Cl)CC1=O. The third-order valence-corrected chi connectivity index (χ3v) is 4.65. The number of para-hydroxylation sites is 2. The molecule has 0 saturated carbocycles. The van der Waals surface area contributed by atoms with Gasteiger partial charge in [-0.05, 0) is 43.7 Å². The Kier molecular flexibility index (Phi) is 5.47. The Bertz CT molecular complexity index is 838. The molecule has 2 aromatic rings. The van der Waals surface area contributed by atoms with Crippen LogP contribution in [-0.4, -0.2) is 25.0 Å². The fourth-order valence-corrected chi connectivity index (χ4v) is 3.31. The molecule has 2 amide bonds. The number of halogens is 1. The van der Waals surface area contributed by atoms with Gasteiger partial charge in [-0.1, -0.05) is 29.8 Å². The number of anilines is 2. The molecule has 5 nitrogen and oxygen atoms in total. The molecule has 0 aromatic heterocycles. The van der Waals surface area contributed by atoms with Crippen LogP contribution < -0.4 is 15.0 Å². The quantitative estimate of drug-likeness (QED) is 0.861. The molecule has 26 heavy (non-hydrogen) atoms. The number of carbonyl (C=O) groups excluding carboxylic acids is 2. The largest absolute Gasteiger partial charge is 0.492 e. The lowest BCUT2D eigenvalue weighted by Crippen LogP contribution is -2.28. The Morgan fingerprint density at radius 2 is 2.08 bits per heavy atom. The van der Waals surface area contributed by atoms with Gasteiger partial charge in [-0.15, -0.1) is 0 Å². The fraction of sp³-hybridized carbons (Fsp3) is 0.300. The zero-order valence-corrected chi connectivity index (χ0v) is 15.5. The Hall–Kier alpha value is -2.53. The Morgan fingerprint density at radius 1 is 1.31 bits per heavy atom. The lowest BCUT2D eigenvalue weighted by atomic mass is 10.1. The Labute approximate surface area is 157 Å². The maximum absolute atomic E-state index is 12.6. The molecule has 2 aromatic carbocycles. The van der Waals surface area contributed by atoms with Crippen molar-refractivity contribution in [1.82, 2.24) is 0 Å². The molecular formula is C20H21ClN2O3. The maximum atomic E-state index is 12.6. The minimum absolute atomic E-state index is 0.0905. The van der Waals surface area contributed by atoms with E-state index in [1.165, 1.54) is 0 Å². The van der Waals surface area contributed by atoms with Crippen LogP contribution in [0.15, 0.2) is 42.5 Å². The number of benzene rings is 2. The predicted octanol–water partition coefficient (Wildman–Crippen LogP) is 4.04. The van der Waals surface area contributed by atoms with Crippen LogP contribution in [0, 0.1) is 12.8 Å². The van der Waals surface area contributed by atoms with Gasteiger partial charge in [0.2, 0.25) is 11.8 Å². The second-order valence-electron chi connectivity index (χ2n) is 6.28. The van der Waals surface area contributed by atoms with Crippen molar-refractivity contribution in [3.05, 3.63) is 53.1 Å². The van der Waals surface area contributed by atoms with Gasteiger partial charge in [0.1, 0.15) is 5.75 Å². The third-order valence-electron chi connectivity index (χ3n) is 4.33. The fourth-order valence-electron chi connectivity index (χ4n) is 3.03. The number of amides is 2. The number of hydrogen-bond donors (Lipinski definition) is 1. The summed E-state index contributed by atoms with van der Waals surface area (Å²) in [6.07, 6.45) is 0.162. The van der Waals surface area contributed by atoms with Gasteiger partial charge >= 0.3 is 0 Å². The first kappa shape index (κ1) is 18.3. The molecule has 1 fully saturated rings. The molecule has 1 atom stereocenters. The lowest BCUT2D eigenvalue weighted by molar-refractivity contribution is -0.122. The van der Waals surface area contributed by atoms with Crippen LogP contribution in [-0.2, 0) is 9.59 Å². The van der Waals surface area contributed by atoms with Crippen LogP contribution >= 0.6 is 11.6 Å². The normalized spacial score (nSPS) is 16.7. The highest BCUT2D eigenvalue weighted by Crippen LogP contribution is 2.33. The topological polar surface area (TPSA) is 58.6 Å². The van der Waals surface area contributed by atoms with Gasteiger partial charge in [0, 0.05) is 13.0 Å².